The Labute approximate surface area is 69.1 Å². The van der Waals surface area contributed by atoms with Crippen molar-refractivity contribution in [3.05, 3.63) is 0 Å². The second kappa shape index (κ2) is 7.98. The normalized spacial score (nSPS) is 13.4. The summed E-state index contributed by atoms with van der Waals surface area (Å²) in [6.07, 6.45) is 1.28. The Morgan fingerprint density at radius 2 is 2.09 bits per heavy atom. The number of methoxy groups -OCH3 is 1. The predicted octanol–water partition coefficient (Wildman–Crippen LogP) is 0.647. The minimum Gasteiger partial charge on any atom is -0.385 e. The van der Waals surface area contributed by atoms with E-state index in [-0.39, 0.29) is 0 Å². The summed E-state index contributed by atoms with van der Waals surface area (Å²) in [6.45, 7) is 4.54. The quantitative estimate of drug-likeness (QED) is 0.556. The summed E-state index contributed by atoms with van der Waals surface area (Å²) in [4.78, 5) is 0. The largest absolute Gasteiger partial charge is 0.385 e. The van der Waals surface area contributed by atoms with Crippen molar-refractivity contribution in [1.82, 2.24) is 5.32 Å². The van der Waals surface area contributed by atoms with Crippen molar-refractivity contribution in [2.75, 3.05) is 33.9 Å². The second-order valence-corrected chi connectivity index (χ2v) is 2.59. The predicted molar refractivity (Wildman–Crippen MR) is 45.8 cm³/mol. The molecule has 1 N–H and O–H groups in total. The van der Waals surface area contributed by atoms with Gasteiger partial charge in [-0.2, -0.15) is 0 Å². The van der Waals surface area contributed by atoms with Gasteiger partial charge in [0.2, 0.25) is 0 Å². The monoisotopic (exact) mass is 161 g/mol. The highest BCUT2D eigenvalue weighted by Crippen LogP contribution is 1.90. The molecule has 3 nitrogen and oxygen atoms in total. The van der Waals surface area contributed by atoms with Crippen molar-refractivity contribution < 1.29 is 9.47 Å². The molecule has 1 atom stereocenters. The Kier molecular flexibility index (Phi) is 7.89. The van der Waals surface area contributed by atoms with Crippen LogP contribution in [-0.2, 0) is 9.47 Å². The van der Waals surface area contributed by atoms with Crippen LogP contribution in [0.1, 0.15) is 13.3 Å². The summed E-state index contributed by atoms with van der Waals surface area (Å²) in [5, 5.41) is 3.05. The first-order valence-corrected chi connectivity index (χ1v) is 4.06. The van der Waals surface area contributed by atoms with Crippen molar-refractivity contribution in [2.45, 2.75) is 19.4 Å². The molecule has 0 saturated heterocycles. The van der Waals surface area contributed by atoms with Gasteiger partial charge in [-0.3, -0.25) is 0 Å². The zero-order chi connectivity index (χ0) is 8.53. The van der Waals surface area contributed by atoms with E-state index in [4.69, 9.17) is 9.47 Å². The molecule has 3 heteroatoms. The van der Waals surface area contributed by atoms with Crippen molar-refractivity contribution >= 4 is 0 Å². The Hall–Kier alpha value is -0.120. The van der Waals surface area contributed by atoms with Gasteiger partial charge < -0.3 is 14.8 Å². The molecule has 0 aliphatic rings. The maximum atomic E-state index is 5.44. The summed E-state index contributed by atoms with van der Waals surface area (Å²) in [7, 11) is 3.63. The first-order valence-electron chi connectivity index (χ1n) is 4.06. The number of ether oxygens (including phenoxy) is 2. The van der Waals surface area contributed by atoms with Gasteiger partial charge >= 0.3 is 0 Å². The van der Waals surface area contributed by atoms with Crippen molar-refractivity contribution in [3.63, 3.8) is 0 Å². The fourth-order valence-electron chi connectivity index (χ4n) is 0.834. The highest BCUT2D eigenvalue weighted by atomic mass is 16.5. The highest BCUT2D eigenvalue weighted by Gasteiger charge is 1.98. The van der Waals surface area contributed by atoms with E-state index < -0.39 is 0 Å². The summed E-state index contributed by atoms with van der Waals surface area (Å²) in [5.74, 6) is 0. The number of rotatable bonds is 7. The van der Waals surface area contributed by atoms with Gasteiger partial charge in [0.25, 0.3) is 0 Å². The lowest BCUT2D eigenvalue weighted by molar-refractivity contribution is 0.0516. The first-order chi connectivity index (χ1) is 5.31. The Bertz CT molecular complexity index is 78.5. The van der Waals surface area contributed by atoms with Gasteiger partial charge in [0.15, 0.2) is 0 Å². The first kappa shape index (κ1) is 10.9. The number of hydrogen-bond donors (Lipinski definition) is 1. The van der Waals surface area contributed by atoms with Crippen molar-refractivity contribution in [3.8, 4) is 0 Å². The lowest BCUT2D eigenvalue weighted by Gasteiger charge is -2.11. The summed E-state index contributed by atoms with van der Waals surface area (Å²) in [5.41, 5.74) is 0. The Morgan fingerprint density at radius 3 is 2.64 bits per heavy atom. The summed E-state index contributed by atoms with van der Waals surface area (Å²) >= 11 is 0. The topological polar surface area (TPSA) is 30.5 Å². The van der Waals surface area contributed by atoms with E-state index in [1.807, 2.05) is 7.05 Å². The molecule has 0 fully saturated rings. The van der Waals surface area contributed by atoms with Gasteiger partial charge in [-0.1, -0.05) is 0 Å². The average molecular weight is 161 g/mol. The molecule has 0 aromatic heterocycles. The third kappa shape index (κ3) is 7.78. The lowest BCUT2D eigenvalue weighted by Crippen LogP contribution is -2.24. The van der Waals surface area contributed by atoms with Crippen LogP contribution in [0, 0.1) is 0 Å². The van der Waals surface area contributed by atoms with Gasteiger partial charge in [0.05, 0.1) is 6.10 Å². The maximum Gasteiger partial charge on any atom is 0.0671 e. The van der Waals surface area contributed by atoms with E-state index in [9.17, 15) is 0 Å². The SMILES string of the molecule is CNC[C@H](C)OCCCOC. The Balaban J connectivity index is 2.97. The number of hydrogen-bond acceptors (Lipinski definition) is 3. The standard InChI is InChI=1S/C8H19NO2/c1-8(7-9-2)11-6-4-5-10-3/h8-9H,4-7H2,1-3H3/t8-/m0/s1. The van der Waals surface area contributed by atoms with Gasteiger partial charge in [0.1, 0.15) is 0 Å². The van der Waals surface area contributed by atoms with Gasteiger partial charge in [-0.05, 0) is 20.4 Å². The average Bonchev–Trinajstić information content (AvgIpc) is 1.99. The van der Waals surface area contributed by atoms with Crippen LogP contribution in [0.5, 0.6) is 0 Å². The molecule has 0 unspecified atom stereocenters. The third-order valence-electron chi connectivity index (χ3n) is 1.39. The summed E-state index contributed by atoms with van der Waals surface area (Å²) in [6, 6.07) is 0. The van der Waals surface area contributed by atoms with Crippen LogP contribution in [0.4, 0.5) is 0 Å². The molecule has 11 heavy (non-hydrogen) atoms. The van der Waals surface area contributed by atoms with E-state index in [0.717, 1.165) is 26.2 Å². The van der Waals surface area contributed by atoms with Crippen LogP contribution in [0.2, 0.25) is 0 Å². The van der Waals surface area contributed by atoms with Crippen LogP contribution in [0.15, 0.2) is 0 Å². The lowest BCUT2D eigenvalue weighted by atomic mass is 10.4. The molecule has 0 aromatic rings. The number of nitrogens with one attached hydrogen (secondary N) is 1. The fourth-order valence-corrected chi connectivity index (χ4v) is 0.834. The third-order valence-corrected chi connectivity index (χ3v) is 1.39. The summed E-state index contributed by atoms with van der Waals surface area (Å²) < 4.78 is 10.3. The molecule has 0 aliphatic heterocycles. The molecule has 0 bridgehead atoms. The van der Waals surface area contributed by atoms with Crippen LogP contribution in [-0.4, -0.2) is 40.0 Å². The van der Waals surface area contributed by atoms with Gasteiger partial charge in [0, 0.05) is 26.9 Å². The van der Waals surface area contributed by atoms with Crippen molar-refractivity contribution in [2.24, 2.45) is 0 Å². The van der Waals surface area contributed by atoms with E-state index in [1.165, 1.54) is 0 Å². The molecule has 68 valence electrons. The van der Waals surface area contributed by atoms with Gasteiger partial charge in [-0.25, -0.2) is 0 Å². The molecule has 0 aliphatic carbocycles. The zero-order valence-corrected chi connectivity index (χ0v) is 7.72. The van der Waals surface area contributed by atoms with E-state index >= 15 is 0 Å². The minimum atomic E-state index is 0.303. The molecular formula is C8H19NO2. The van der Waals surface area contributed by atoms with E-state index in [0.29, 0.717) is 6.10 Å². The molecule has 0 spiro atoms. The maximum absolute atomic E-state index is 5.44. The molecule has 0 saturated carbocycles. The molecule has 0 aromatic carbocycles. The van der Waals surface area contributed by atoms with E-state index in [2.05, 4.69) is 12.2 Å². The van der Waals surface area contributed by atoms with Crippen LogP contribution < -0.4 is 5.32 Å². The second-order valence-electron chi connectivity index (χ2n) is 2.59. The van der Waals surface area contributed by atoms with Crippen LogP contribution >= 0.6 is 0 Å². The van der Waals surface area contributed by atoms with Crippen LogP contribution in [0.3, 0.4) is 0 Å². The highest BCUT2D eigenvalue weighted by molar-refractivity contribution is 4.51. The van der Waals surface area contributed by atoms with E-state index in [1.54, 1.807) is 7.11 Å². The number of likely N-dealkylation sites (N-methyl/N-ethyl adjacent to an activating group) is 1. The molecule has 0 heterocycles. The molecule has 0 rings (SSSR count). The molecule has 0 amide bonds. The Morgan fingerprint density at radius 1 is 1.36 bits per heavy atom. The van der Waals surface area contributed by atoms with Crippen LogP contribution in [0.25, 0.3) is 0 Å². The smallest absolute Gasteiger partial charge is 0.0671 e. The zero-order valence-electron chi connectivity index (χ0n) is 7.72. The molecular weight excluding hydrogens is 142 g/mol. The molecule has 0 radical (unpaired) electrons. The van der Waals surface area contributed by atoms with Crippen molar-refractivity contribution in [1.29, 1.82) is 0 Å². The van der Waals surface area contributed by atoms with Gasteiger partial charge in [-0.15, -0.1) is 0 Å². The fraction of sp³-hybridized carbons (Fsp3) is 1.00. The minimum absolute atomic E-state index is 0.303.